The van der Waals surface area contributed by atoms with Crippen molar-refractivity contribution >= 4 is 11.6 Å². The Morgan fingerprint density at radius 2 is 2.23 bits per heavy atom. The quantitative estimate of drug-likeness (QED) is 0.639. The number of carbonyl (C=O) groups is 1. The highest BCUT2D eigenvalue weighted by molar-refractivity contribution is 5.92. The molecule has 0 aromatic rings. The topological polar surface area (TPSA) is 93.5 Å². The summed E-state index contributed by atoms with van der Waals surface area (Å²) >= 11 is 0. The number of primary amides is 1. The van der Waals surface area contributed by atoms with Crippen LogP contribution >= 0.6 is 0 Å². The van der Waals surface area contributed by atoms with Gasteiger partial charge >= 0.3 is 0 Å². The maximum atomic E-state index is 14.8. The van der Waals surface area contributed by atoms with E-state index in [-0.39, 0.29) is 23.0 Å². The van der Waals surface area contributed by atoms with E-state index >= 15 is 0 Å². The molecule has 3 rings (SSSR count). The van der Waals surface area contributed by atoms with Crippen molar-refractivity contribution in [3.8, 4) is 0 Å². The summed E-state index contributed by atoms with van der Waals surface area (Å²) < 4.78 is 14.9. The summed E-state index contributed by atoms with van der Waals surface area (Å²) in [6.45, 7) is 4.40. The molecule has 2 bridgehead atoms. The van der Waals surface area contributed by atoms with Gasteiger partial charge in [-0.3, -0.25) is 4.79 Å². The van der Waals surface area contributed by atoms with Gasteiger partial charge in [-0.05, 0) is 19.3 Å². The molecule has 0 aromatic heterocycles. The Bertz CT molecular complexity index is 526. The molecule has 3 heterocycles. The molecule has 124 valence electrons. The Labute approximate surface area is 130 Å². The number of alkyl halides is 1. The lowest BCUT2D eigenvalue weighted by Crippen LogP contribution is -2.71. The fourth-order valence-electron chi connectivity index (χ4n) is 5.01. The smallest absolute Gasteiger partial charge is 0.232 e. The lowest BCUT2D eigenvalue weighted by atomic mass is 9.78. The van der Waals surface area contributed by atoms with Crippen LogP contribution in [0.5, 0.6) is 0 Å². The number of carbonyl (C=O) groups excluding carboxylic acids is 1. The van der Waals surface area contributed by atoms with Gasteiger partial charge in [-0.2, -0.15) is 0 Å². The molecule has 1 amide bonds. The number of rotatable bonds is 2. The Morgan fingerprint density at radius 1 is 1.55 bits per heavy atom. The third-order valence-electron chi connectivity index (χ3n) is 6.09. The average Bonchev–Trinajstić information content (AvgIpc) is 2.56. The van der Waals surface area contributed by atoms with Crippen LogP contribution in [0.2, 0.25) is 0 Å². The Kier molecular flexibility index (Phi) is 3.58. The van der Waals surface area contributed by atoms with E-state index in [1.807, 2.05) is 7.05 Å². The van der Waals surface area contributed by atoms with Crippen molar-refractivity contribution in [1.82, 2.24) is 5.43 Å². The monoisotopic (exact) mass is 312 g/mol. The van der Waals surface area contributed by atoms with Gasteiger partial charge in [-0.1, -0.05) is 13.8 Å². The zero-order valence-electron chi connectivity index (χ0n) is 13.6. The molecule has 0 radical (unpaired) electrons. The number of amides is 1. The summed E-state index contributed by atoms with van der Waals surface area (Å²) in [5.41, 5.74) is 14.9. The molecule has 5 N–H and O–H groups in total. The van der Waals surface area contributed by atoms with Crippen LogP contribution < -0.4 is 16.9 Å². The van der Waals surface area contributed by atoms with E-state index in [9.17, 15) is 9.18 Å². The third-order valence-corrected chi connectivity index (χ3v) is 6.09. The summed E-state index contributed by atoms with van der Waals surface area (Å²) in [5, 5.41) is 0. The van der Waals surface area contributed by atoms with Crippen molar-refractivity contribution in [2.24, 2.45) is 34.2 Å². The first-order valence-corrected chi connectivity index (χ1v) is 8.19. The van der Waals surface area contributed by atoms with Crippen LogP contribution in [0.1, 0.15) is 33.1 Å². The SMILES string of the molecule is CCC1CCC(C)C23N=C1C(F)C[N+]2(C)NC(N)C3C(N)=O. The first-order chi connectivity index (χ1) is 10.3. The van der Waals surface area contributed by atoms with Crippen molar-refractivity contribution in [2.75, 3.05) is 13.6 Å². The Hall–Kier alpha value is -1.05. The molecule has 1 fully saturated rings. The highest BCUT2D eigenvalue weighted by Crippen LogP contribution is 2.50. The number of hydrogen-bond donors (Lipinski definition) is 3. The second-order valence-corrected chi connectivity index (χ2v) is 7.28. The van der Waals surface area contributed by atoms with Crippen molar-refractivity contribution in [3.05, 3.63) is 0 Å². The van der Waals surface area contributed by atoms with Crippen LogP contribution in [0.15, 0.2) is 4.99 Å². The van der Waals surface area contributed by atoms with Crippen molar-refractivity contribution < 1.29 is 13.8 Å². The summed E-state index contributed by atoms with van der Waals surface area (Å²) in [6, 6.07) is 0. The fourth-order valence-corrected chi connectivity index (χ4v) is 5.01. The first-order valence-electron chi connectivity index (χ1n) is 8.19. The lowest BCUT2D eigenvalue weighted by molar-refractivity contribution is -0.993. The van der Waals surface area contributed by atoms with E-state index in [0.717, 1.165) is 19.3 Å². The molecule has 7 unspecified atom stereocenters. The van der Waals surface area contributed by atoms with Crippen LogP contribution in [0, 0.1) is 17.8 Å². The zero-order chi connectivity index (χ0) is 16.3. The van der Waals surface area contributed by atoms with E-state index in [1.165, 1.54) is 0 Å². The predicted molar refractivity (Wildman–Crippen MR) is 82.1 cm³/mol. The Balaban J connectivity index is 2.22. The molecular formula is C15H27FN5O+. The molecule has 3 aliphatic rings. The predicted octanol–water partition coefficient (Wildman–Crippen LogP) is 0.283. The van der Waals surface area contributed by atoms with E-state index in [0.29, 0.717) is 5.71 Å². The standard InChI is InChI=1S/C15H26FN5O/c1-4-9-6-5-8(2)15-11(14(18)22)13(17)20-21(15,3)7-10(16)12(9)19-15/h8-11,13,20H,4-7,17H2,1-3H3,(H-,18,22)/p+1. The van der Waals surface area contributed by atoms with Crippen LogP contribution in [0.4, 0.5) is 4.39 Å². The number of halogens is 1. The molecule has 0 saturated carbocycles. The van der Waals surface area contributed by atoms with E-state index in [1.54, 1.807) is 0 Å². The van der Waals surface area contributed by atoms with E-state index in [2.05, 4.69) is 19.3 Å². The maximum absolute atomic E-state index is 14.8. The molecule has 3 aliphatic heterocycles. The molecule has 22 heavy (non-hydrogen) atoms. The van der Waals surface area contributed by atoms with Gasteiger partial charge in [0.05, 0.1) is 12.8 Å². The zero-order valence-corrected chi connectivity index (χ0v) is 13.6. The van der Waals surface area contributed by atoms with Crippen molar-refractivity contribution in [1.29, 1.82) is 0 Å². The minimum Gasteiger partial charge on any atom is -0.369 e. The van der Waals surface area contributed by atoms with Gasteiger partial charge in [-0.25, -0.2) is 14.0 Å². The number of hydrogen-bond acceptors (Lipinski definition) is 4. The number of aliphatic imine (C=N–C) groups is 1. The summed E-state index contributed by atoms with van der Waals surface area (Å²) in [6.07, 6.45) is 0.967. The van der Waals surface area contributed by atoms with Crippen LogP contribution in [0.25, 0.3) is 0 Å². The number of nitrogens with one attached hydrogen (secondary N) is 1. The van der Waals surface area contributed by atoms with Gasteiger partial charge < -0.3 is 11.5 Å². The molecular weight excluding hydrogens is 285 g/mol. The average molecular weight is 312 g/mol. The van der Waals surface area contributed by atoms with E-state index in [4.69, 9.17) is 16.5 Å². The summed E-state index contributed by atoms with van der Waals surface area (Å²) in [5.74, 6) is -0.819. The number of quaternary nitrogens is 1. The summed E-state index contributed by atoms with van der Waals surface area (Å²) in [7, 11) is 1.89. The molecule has 1 spiro atoms. The number of nitrogens with zero attached hydrogens (tertiary/aromatic N) is 2. The van der Waals surface area contributed by atoms with Gasteiger partial charge in [0.25, 0.3) is 0 Å². The minimum absolute atomic E-state index is 0.107. The normalized spacial score (nSPS) is 51.0. The molecule has 0 aromatic carbocycles. The Morgan fingerprint density at radius 3 is 2.82 bits per heavy atom. The molecule has 7 heteroatoms. The fraction of sp³-hybridized carbons (Fsp3) is 0.867. The van der Waals surface area contributed by atoms with Crippen molar-refractivity contribution in [3.63, 3.8) is 0 Å². The van der Waals surface area contributed by atoms with Gasteiger partial charge in [0.2, 0.25) is 11.6 Å². The molecule has 7 atom stereocenters. The second kappa shape index (κ2) is 4.97. The van der Waals surface area contributed by atoms with Gasteiger partial charge in [0.1, 0.15) is 18.6 Å². The van der Waals surface area contributed by atoms with Crippen molar-refractivity contribution in [2.45, 2.75) is 51.1 Å². The highest BCUT2D eigenvalue weighted by atomic mass is 19.1. The highest BCUT2D eigenvalue weighted by Gasteiger charge is 2.71. The van der Waals surface area contributed by atoms with Gasteiger partial charge in [0.15, 0.2) is 6.17 Å². The summed E-state index contributed by atoms with van der Waals surface area (Å²) in [4.78, 5) is 17.0. The van der Waals surface area contributed by atoms with Crippen LogP contribution in [-0.4, -0.2) is 47.8 Å². The third kappa shape index (κ3) is 1.82. The largest absolute Gasteiger partial charge is 0.369 e. The number of nitrogens with two attached hydrogens (primary N) is 2. The first kappa shape index (κ1) is 15.8. The minimum atomic E-state index is -1.10. The second-order valence-electron chi connectivity index (χ2n) is 7.28. The van der Waals surface area contributed by atoms with Crippen LogP contribution in [-0.2, 0) is 4.79 Å². The van der Waals surface area contributed by atoms with Gasteiger partial charge in [0, 0.05) is 11.8 Å². The molecule has 6 nitrogen and oxygen atoms in total. The lowest BCUT2D eigenvalue weighted by Gasteiger charge is -2.49. The van der Waals surface area contributed by atoms with Gasteiger partial charge in [-0.15, -0.1) is 5.43 Å². The maximum Gasteiger partial charge on any atom is 0.232 e. The molecule has 1 saturated heterocycles. The molecule has 0 aliphatic carbocycles. The van der Waals surface area contributed by atoms with E-state index < -0.39 is 29.8 Å². The van der Waals surface area contributed by atoms with Crippen LogP contribution in [0.3, 0.4) is 0 Å².